The van der Waals surface area contributed by atoms with Gasteiger partial charge in [0, 0.05) is 17.9 Å². The maximum absolute atomic E-state index is 13.4. The number of amides is 1. The zero-order valence-electron chi connectivity index (χ0n) is 10.5. The molecular weight excluding hydrogens is 333 g/mol. The van der Waals surface area contributed by atoms with Gasteiger partial charge in [0.1, 0.15) is 5.82 Å². The van der Waals surface area contributed by atoms with Gasteiger partial charge in [0.25, 0.3) is 5.91 Å². The van der Waals surface area contributed by atoms with Crippen molar-refractivity contribution >= 4 is 33.4 Å². The molecule has 0 heterocycles. The Bertz CT molecular complexity index is 465. The number of carbonyl (C=O) groups is 1. The number of rotatable bonds is 5. The van der Waals surface area contributed by atoms with Gasteiger partial charge >= 0.3 is 0 Å². The van der Waals surface area contributed by atoms with E-state index in [-0.39, 0.29) is 22.5 Å². The van der Waals surface area contributed by atoms with Gasteiger partial charge in [0.2, 0.25) is 0 Å². The van der Waals surface area contributed by atoms with Crippen LogP contribution in [-0.2, 0) is 0 Å². The van der Waals surface area contributed by atoms with Crippen molar-refractivity contribution in [2.24, 2.45) is 0 Å². The number of nitrogens with zero attached hydrogens (tertiary/aromatic N) is 1. The summed E-state index contributed by atoms with van der Waals surface area (Å²) in [6, 6.07) is 4.67. The van der Waals surface area contributed by atoms with E-state index in [2.05, 4.69) is 15.9 Å². The van der Waals surface area contributed by atoms with Crippen LogP contribution < -0.4 is 0 Å². The molecule has 0 saturated heterocycles. The highest BCUT2D eigenvalue weighted by atomic mass is 79.9. The third kappa shape index (κ3) is 3.29. The fourth-order valence-corrected chi connectivity index (χ4v) is 2.66. The molecule has 0 spiro atoms. The minimum absolute atomic E-state index is 0.0735. The molecule has 1 aromatic carbocycles. The van der Waals surface area contributed by atoms with Crippen LogP contribution in [0.1, 0.15) is 36.0 Å². The fourth-order valence-electron chi connectivity index (χ4n) is 2.20. The summed E-state index contributed by atoms with van der Waals surface area (Å²) in [5.41, 5.74) is 0.267. The number of hydrogen-bond donors (Lipinski definition) is 0. The van der Waals surface area contributed by atoms with Gasteiger partial charge in [-0.05, 0) is 37.8 Å². The topological polar surface area (TPSA) is 20.3 Å². The number of halogens is 3. The van der Waals surface area contributed by atoms with Crippen molar-refractivity contribution in [3.63, 3.8) is 0 Å². The summed E-state index contributed by atoms with van der Waals surface area (Å²) in [5.74, 6) is -0.697. The Morgan fingerprint density at radius 1 is 1.47 bits per heavy atom. The molecule has 0 aliphatic heterocycles. The number of carbonyl (C=O) groups excluding carboxylic acids is 1. The highest BCUT2D eigenvalue weighted by Crippen LogP contribution is 2.28. The van der Waals surface area contributed by atoms with Crippen LogP contribution in [0.4, 0.5) is 4.39 Å². The molecule has 1 amide bonds. The lowest BCUT2D eigenvalue weighted by atomic mass is 9.91. The van der Waals surface area contributed by atoms with Gasteiger partial charge in [-0.2, -0.15) is 0 Å². The van der Waals surface area contributed by atoms with Crippen molar-refractivity contribution in [2.75, 3.05) is 11.9 Å². The van der Waals surface area contributed by atoms with E-state index in [4.69, 9.17) is 11.6 Å². The normalized spacial score (nSPS) is 15.1. The highest BCUT2D eigenvalue weighted by molar-refractivity contribution is 9.09. The molecule has 0 bridgehead atoms. The van der Waals surface area contributed by atoms with E-state index in [0.717, 1.165) is 31.0 Å². The van der Waals surface area contributed by atoms with E-state index >= 15 is 0 Å². The average molecular weight is 349 g/mol. The van der Waals surface area contributed by atoms with Crippen molar-refractivity contribution in [1.29, 1.82) is 0 Å². The SMILES string of the molecule is O=C(c1cccc(F)c1Cl)N(CCCBr)C1CCC1. The molecule has 1 aliphatic rings. The molecule has 0 N–H and O–H groups in total. The second kappa shape index (κ2) is 6.71. The molecule has 19 heavy (non-hydrogen) atoms. The Hall–Kier alpha value is -0.610. The quantitative estimate of drug-likeness (QED) is 0.728. The summed E-state index contributed by atoms with van der Waals surface area (Å²) >= 11 is 9.27. The summed E-state index contributed by atoms with van der Waals surface area (Å²) < 4.78 is 13.4. The molecule has 1 fully saturated rings. The molecule has 104 valence electrons. The van der Waals surface area contributed by atoms with Crippen LogP contribution in [0.2, 0.25) is 5.02 Å². The Morgan fingerprint density at radius 3 is 2.79 bits per heavy atom. The lowest BCUT2D eigenvalue weighted by molar-refractivity contribution is 0.0581. The highest BCUT2D eigenvalue weighted by Gasteiger charge is 2.30. The molecule has 0 aromatic heterocycles. The molecule has 1 aliphatic carbocycles. The second-order valence-corrected chi connectivity index (χ2v) is 5.90. The first-order valence-corrected chi connectivity index (χ1v) is 7.96. The van der Waals surface area contributed by atoms with Crippen molar-refractivity contribution < 1.29 is 9.18 Å². The maximum Gasteiger partial charge on any atom is 0.255 e. The van der Waals surface area contributed by atoms with Crippen LogP contribution >= 0.6 is 27.5 Å². The number of benzene rings is 1. The summed E-state index contributed by atoms with van der Waals surface area (Å²) in [6.07, 6.45) is 4.09. The van der Waals surface area contributed by atoms with Gasteiger partial charge in [-0.1, -0.05) is 33.6 Å². The van der Waals surface area contributed by atoms with Crippen molar-refractivity contribution in [2.45, 2.75) is 31.7 Å². The molecular formula is C14H16BrClFNO. The zero-order valence-corrected chi connectivity index (χ0v) is 12.9. The molecule has 0 radical (unpaired) electrons. The Balaban J connectivity index is 2.20. The van der Waals surface area contributed by atoms with E-state index < -0.39 is 5.82 Å². The average Bonchev–Trinajstić information content (AvgIpc) is 2.34. The molecule has 1 saturated carbocycles. The monoisotopic (exact) mass is 347 g/mol. The van der Waals surface area contributed by atoms with Gasteiger partial charge in [0.05, 0.1) is 10.6 Å². The molecule has 0 atom stereocenters. The smallest absolute Gasteiger partial charge is 0.255 e. The van der Waals surface area contributed by atoms with Crippen molar-refractivity contribution in [1.82, 2.24) is 4.90 Å². The summed E-state index contributed by atoms with van der Waals surface area (Å²) in [5, 5.41) is 0.774. The summed E-state index contributed by atoms with van der Waals surface area (Å²) in [7, 11) is 0. The van der Waals surface area contributed by atoms with E-state index in [1.165, 1.54) is 12.1 Å². The molecule has 2 nitrogen and oxygen atoms in total. The fraction of sp³-hybridized carbons (Fsp3) is 0.500. The van der Waals surface area contributed by atoms with Crippen LogP contribution in [0.25, 0.3) is 0 Å². The van der Waals surface area contributed by atoms with E-state index in [1.807, 2.05) is 4.90 Å². The minimum Gasteiger partial charge on any atom is -0.336 e. The van der Waals surface area contributed by atoms with E-state index in [9.17, 15) is 9.18 Å². The molecule has 1 aromatic rings. The van der Waals surface area contributed by atoms with Crippen LogP contribution in [0.15, 0.2) is 18.2 Å². The molecule has 5 heteroatoms. The van der Waals surface area contributed by atoms with Crippen molar-refractivity contribution in [3.05, 3.63) is 34.6 Å². The predicted octanol–water partition coefficient (Wildman–Crippen LogP) is 4.26. The first-order chi connectivity index (χ1) is 9.15. The van der Waals surface area contributed by atoms with Crippen LogP contribution in [0, 0.1) is 5.82 Å². The Labute approximate surface area is 126 Å². The number of alkyl halides is 1. The van der Waals surface area contributed by atoms with Crippen molar-refractivity contribution in [3.8, 4) is 0 Å². The van der Waals surface area contributed by atoms with E-state index in [0.29, 0.717) is 6.54 Å². The van der Waals surface area contributed by atoms with Gasteiger partial charge in [-0.3, -0.25) is 4.79 Å². The second-order valence-electron chi connectivity index (χ2n) is 4.73. The molecule has 0 unspecified atom stereocenters. The lowest BCUT2D eigenvalue weighted by Crippen LogP contribution is -2.45. The number of hydrogen-bond acceptors (Lipinski definition) is 1. The van der Waals surface area contributed by atoms with Gasteiger partial charge in [-0.25, -0.2) is 4.39 Å². The lowest BCUT2D eigenvalue weighted by Gasteiger charge is -2.37. The third-order valence-corrected chi connectivity index (χ3v) is 4.44. The van der Waals surface area contributed by atoms with Gasteiger partial charge < -0.3 is 4.90 Å². The third-order valence-electron chi connectivity index (χ3n) is 3.49. The van der Waals surface area contributed by atoms with Crippen LogP contribution in [0.5, 0.6) is 0 Å². The van der Waals surface area contributed by atoms with Gasteiger partial charge in [0.15, 0.2) is 0 Å². The first-order valence-electron chi connectivity index (χ1n) is 6.46. The minimum atomic E-state index is -0.540. The standard InChI is InChI=1S/C14H16BrClFNO/c15-8-3-9-18(10-4-1-5-10)14(19)11-6-2-7-12(17)13(11)16/h2,6-7,10H,1,3-5,8-9H2. The van der Waals surface area contributed by atoms with E-state index in [1.54, 1.807) is 6.07 Å². The van der Waals surface area contributed by atoms with Crippen LogP contribution in [-0.4, -0.2) is 28.7 Å². The molecule has 2 rings (SSSR count). The Kier molecular flexibility index (Phi) is 5.22. The Morgan fingerprint density at radius 2 is 2.21 bits per heavy atom. The summed E-state index contributed by atoms with van der Waals surface area (Å²) in [6.45, 7) is 0.682. The van der Waals surface area contributed by atoms with Gasteiger partial charge in [-0.15, -0.1) is 0 Å². The maximum atomic E-state index is 13.4. The van der Waals surface area contributed by atoms with Crippen LogP contribution in [0.3, 0.4) is 0 Å². The predicted molar refractivity (Wildman–Crippen MR) is 78.5 cm³/mol. The first kappa shape index (κ1) is 14.8. The summed E-state index contributed by atoms with van der Waals surface area (Å²) in [4.78, 5) is 14.4. The largest absolute Gasteiger partial charge is 0.336 e. The zero-order chi connectivity index (χ0) is 13.8.